The summed E-state index contributed by atoms with van der Waals surface area (Å²) in [4.78, 5) is 8.05. The maximum Gasteiger partial charge on any atom is 0.319 e. The van der Waals surface area contributed by atoms with Crippen LogP contribution in [0.4, 0.5) is 5.69 Å². The van der Waals surface area contributed by atoms with Gasteiger partial charge in [-0.05, 0) is 26.3 Å². The van der Waals surface area contributed by atoms with E-state index in [-0.39, 0.29) is 23.3 Å². The summed E-state index contributed by atoms with van der Waals surface area (Å²) in [5.41, 5.74) is 1.89. The lowest BCUT2D eigenvalue weighted by Crippen LogP contribution is -2.17. The summed E-state index contributed by atoms with van der Waals surface area (Å²) < 4.78 is 37.9. The summed E-state index contributed by atoms with van der Waals surface area (Å²) in [7, 11) is -3.62. The zero-order valence-corrected chi connectivity index (χ0v) is 14.8. The molecule has 7 nitrogen and oxygen atoms in total. The summed E-state index contributed by atoms with van der Waals surface area (Å²) >= 11 is 0. The molecule has 0 spiro atoms. The fourth-order valence-electron chi connectivity index (χ4n) is 2.09. The van der Waals surface area contributed by atoms with E-state index >= 15 is 0 Å². The second kappa shape index (κ2) is 7.96. The lowest BCUT2D eigenvalue weighted by molar-refractivity contribution is 0.290. The predicted molar refractivity (Wildman–Crippen MR) is 91.8 cm³/mol. The number of hydrogen-bond acceptors (Lipinski definition) is 6. The van der Waals surface area contributed by atoms with E-state index < -0.39 is 10.0 Å². The smallest absolute Gasteiger partial charge is 0.319 e. The number of benzene rings is 1. The van der Waals surface area contributed by atoms with Gasteiger partial charge in [-0.1, -0.05) is 29.8 Å². The molecule has 2 aromatic rings. The van der Waals surface area contributed by atoms with E-state index in [9.17, 15) is 8.42 Å². The molecule has 24 heavy (non-hydrogen) atoms. The Hall–Kier alpha value is -2.35. The molecule has 0 unspecified atom stereocenters. The van der Waals surface area contributed by atoms with Gasteiger partial charge in [0.15, 0.2) is 0 Å². The maximum atomic E-state index is 12.4. The molecule has 2 rings (SSSR count). The molecule has 0 aliphatic heterocycles. The number of aromatic nitrogens is 2. The summed E-state index contributed by atoms with van der Waals surface area (Å²) in [6.07, 6.45) is 1.34. The molecule has 0 fully saturated rings. The van der Waals surface area contributed by atoms with Gasteiger partial charge in [-0.25, -0.2) is 13.4 Å². The summed E-state index contributed by atoms with van der Waals surface area (Å²) in [6, 6.07) is 7.48. The zero-order valence-electron chi connectivity index (χ0n) is 13.9. The monoisotopic (exact) mass is 351 g/mol. The molecule has 1 aromatic heterocycles. The van der Waals surface area contributed by atoms with Crippen LogP contribution in [-0.2, 0) is 15.8 Å². The summed E-state index contributed by atoms with van der Waals surface area (Å²) in [5, 5.41) is 0. The Morgan fingerprint density at radius 3 is 2.58 bits per heavy atom. The van der Waals surface area contributed by atoms with Gasteiger partial charge in [0.05, 0.1) is 25.2 Å². The third-order valence-electron chi connectivity index (χ3n) is 2.99. The Bertz CT molecular complexity index is 794. The molecular formula is C16H21N3O4S. The highest BCUT2D eigenvalue weighted by molar-refractivity contribution is 7.91. The summed E-state index contributed by atoms with van der Waals surface area (Å²) in [6.45, 7) is 6.26. The fourth-order valence-corrected chi connectivity index (χ4v) is 3.26. The number of nitrogens with one attached hydrogen (secondary N) is 1. The lowest BCUT2D eigenvalue weighted by atomic mass is 10.2. The molecule has 0 saturated heterocycles. The van der Waals surface area contributed by atoms with Crippen LogP contribution < -0.4 is 14.2 Å². The minimum Gasteiger partial charge on any atom is -0.476 e. The van der Waals surface area contributed by atoms with Crippen LogP contribution in [0.1, 0.15) is 25.0 Å². The van der Waals surface area contributed by atoms with E-state index in [1.54, 1.807) is 13.0 Å². The molecule has 0 radical (unpaired) electrons. The van der Waals surface area contributed by atoms with Gasteiger partial charge in [-0.2, -0.15) is 4.98 Å². The van der Waals surface area contributed by atoms with Crippen LogP contribution in [0.5, 0.6) is 11.9 Å². The second-order valence-corrected chi connectivity index (χ2v) is 6.81. The average Bonchev–Trinajstić information content (AvgIpc) is 2.50. The number of sulfonamides is 1. The van der Waals surface area contributed by atoms with E-state index in [2.05, 4.69) is 14.7 Å². The molecule has 130 valence electrons. The van der Waals surface area contributed by atoms with Crippen LogP contribution in [0, 0.1) is 6.92 Å². The van der Waals surface area contributed by atoms with Gasteiger partial charge in [0.25, 0.3) is 0 Å². The van der Waals surface area contributed by atoms with Crippen molar-refractivity contribution in [2.75, 3.05) is 17.9 Å². The van der Waals surface area contributed by atoms with Crippen LogP contribution in [0.3, 0.4) is 0 Å². The molecule has 1 aromatic carbocycles. The first-order valence-electron chi connectivity index (χ1n) is 7.62. The lowest BCUT2D eigenvalue weighted by Gasteiger charge is -2.12. The van der Waals surface area contributed by atoms with E-state index in [4.69, 9.17) is 9.47 Å². The van der Waals surface area contributed by atoms with Gasteiger partial charge in [0.1, 0.15) is 5.69 Å². The van der Waals surface area contributed by atoms with Crippen LogP contribution in [-0.4, -0.2) is 31.6 Å². The van der Waals surface area contributed by atoms with E-state index in [0.717, 1.165) is 5.56 Å². The fraction of sp³-hybridized carbons (Fsp3) is 0.375. The first-order valence-corrected chi connectivity index (χ1v) is 9.27. The minimum absolute atomic E-state index is 0.141. The number of anilines is 1. The third-order valence-corrected chi connectivity index (χ3v) is 4.24. The van der Waals surface area contributed by atoms with Gasteiger partial charge in [0, 0.05) is 0 Å². The van der Waals surface area contributed by atoms with Crippen LogP contribution >= 0.6 is 0 Å². The SMILES string of the molecule is CCOc1ncc(NS(=O)(=O)Cc2cccc(C)c2)c(OCC)n1. The zero-order chi connectivity index (χ0) is 17.6. The highest BCUT2D eigenvalue weighted by Crippen LogP contribution is 2.25. The number of hydrogen-bond donors (Lipinski definition) is 1. The van der Waals surface area contributed by atoms with Gasteiger partial charge in [-0.3, -0.25) is 4.72 Å². The van der Waals surface area contributed by atoms with Crippen LogP contribution in [0.2, 0.25) is 0 Å². The Kier molecular flexibility index (Phi) is 5.97. The van der Waals surface area contributed by atoms with Crippen LogP contribution in [0.15, 0.2) is 30.5 Å². The third kappa shape index (κ3) is 5.09. The normalized spacial score (nSPS) is 11.1. The Balaban J connectivity index is 2.21. The standard InChI is InChI=1S/C16H21N3O4S/c1-4-22-15-14(10-17-16(18-15)23-5-2)19-24(20,21)11-13-8-6-7-12(3)9-13/h6-10,19H,4-5,11H2,1-3H3. The molecule has 1 heterocycles. The van der Waals surface area contributed by atoms with Crippen molar-refractivity contribution in [1.82, 2.24) is 9.97 Å². The van der Waals surface area contributed by atoms with Crippen molar-refractivity contribution in [3.05, 3.63) is 41.6 Å². The molecular weight excluding hydrogens is 330 g/mol. The Morgan fingerprint density at radius 1 is 1.17 bits per heavy atom. The number of ether oxygens (including phenoxy) is 2. The Labute approximate surface area is 142 Å². The van der Waals surface area contributed by atoms with Crippen molar-refractivity contribution in [1.29, 1.82) is 0 Å². The predicted octanol–water partition coefficient (Wildman–Crippen LogP) is 2.52. The average molecular weight is 351 g/mol. The molecule has 0 bridgehead atoms. The first-order chi connectivity index (χ1) is 11.4. The Morgan fingerprint density at radius 2 is 1.92 bits per heavy atom. The number of nitrogens with zero attached hydrogens (tertiary/aromatic N) is 2. The van der Waals surface area contributed by atoms with E-state index in [1.807, 2.05) is 32.0 Å². The van der Waals surface area contributed by atoms with Crippen molar-refractivity contribution >= 4 is 15.7 Å². The number of rotatable bonds is 8. The molecule has 0 aliphatic carbocycles. The molecule has 1 N–H and O–H groups in total. The largest absolute Gasteiger partial charge is 0.476 e. The quantitative estimate of drug-likeness (QED) is 0.786. The number of aryl methyl sites for hydroxylation is 1. The van der Waals surface area contributed by atoms with Crippen LogP contribution in [0.25, 0.3) is 0 Å². The minimum atomic E-state index is -3.62. The van der Waals surface area contributed by atoms with E-state index in [0.29, 0.717) is 18.8 Å². The maximum absolute atomic E-state index is 12.4. The topological polar surface area (TPSA) is 90.4 Å². The molecule has 0 atom stereocenters. The highest BCUT2D eigenvalue weighted by atomic mass is 32.2. The van der Waals surface area contributed by atoms with Gasteiger partial charge >= 0.3 is 6.01 Å². The molecule has 0 saturated carbocycles. The summed E-state index contributed by atoms with van der Waals surface area (Å²) in [5.74, 6) is -0.00300. The van der Waals surface area contributed by atoms with E-state index in [1.165, 1.54) is 6.20 Å². The van der Waals surface area contributed by atoms with Gasteiger partial charge < -0.3 is 9.47 Å². The van der Waals surface area contributed by atoms with Crippen molar-refractivity contribution < 1.29 is 17.9 Å². The van der Waals surface area contributed by atoms with Crippen molar-refractivity contribution in [2.45, 2.75) is 26.5 Å². The molecule has 8 heteroatoms. The molecule has 0 aliphatic rings. The highest BCUT2D eigenvalue weighted by Gasteiger charge is 2.17. The second-order valence-electron chi connectivity index (χ2n) is 5.09. The first kappa shape index (κ1) is 18.0. The van der Waals surface area contributed by atoms with Gasteiger partial charge in [-0.15, -0.1) is 0 Å². The van der Waals surface area contributed by atoms with Crippen molar-refractivity contribution in [2.24, 2.45) is 0 Å². The van der Waals surface area contributed by atoms with Crippen molar-refractivity contribution in [3.63, 3.8) is 0 Å². The molecule has 0 amide bonds. The van der Waals surface area contributed by atoms with Crippen molar-refractivity contribution in [3.8, 4) is 11.9 Å². The van der Waals surface area contributed by atoms with Gasteiger partial charge in [0.2, 0.25) is 15.9 Å².